The van der Waals surface area contributed by atoms with Crippen LogP contribution in [0.1, 0.15) is 6.92 Å². The van der Waals surface area contributed by atoms with Gasteiger partial charge in [-0.1, -0.05) is 0 Å². The number of anilines is 1. The van der Waals surface area contributed by atoms with Gasteiger partial charge < -0.3 is 19.5 Å². The predicted octanol–water partition coefficient (Wildman–Crippen LogP) is 1.73. The third-order valence-corrected chi connectivity index (χ3v) is 4.94. The van der Waals surface area contributed by atoms with Crippen LogP contribution >= 0.6 is 0 Å². The molecule has 0 aliphatic carbocycles. The van der Waals surface area contributed by atoms with Crippen molar-refractivity contribution in [3.05, 3.63) is 42.5 Å². The van der Waals surface area contributed by atoms with Crippen LogP contribution in [0.4, 0.5) is 5.69 Å². The lowest BCUT2D eigenvalue weighted by atomic mass is 10.3. The minimum Gasteiger partial charge on any atom is -0.494 e. The first-order chi connectivity index (χ1) is 12.5. The molecule has 1 amide bonds. The fourth-order valence-electron chi connectivity index (χ4n) is 2.31. The molecular formula is C17H18N2O6S. The van der Waals surface area contributed by atoms with Crippen molar-refractivity contribution in [2.24, 2.45) is 0 Å². The highest BCUT2D eigenvalue weighted by Crippen LogP contribution is 2.34. The SMILES string of the molecule is CCOc1ccc(S(=O)(=O)NCC(=O)Nc2ccc3c(c2)OCO3)cc1. The second-order valence-corrected chi connectivity index (χ2v) is 7.11. The Bertz CT molecular complexity index is 896. The topological polar surface area (TPSA) is 103 Å². The normalized spacial score (nSPS) is 12.7. The van der Waals surface area contributed by atoms with Crippen LogP contribution in [0.5, 0.6) is 17.2 Å². The number of rotatable bonds is 7. The average Bonchev–Trinajstić information content (AvgIpc) is 3.09. The Hall–Kier alpha value is -2.78. The van der Waals surface area contributed by atoms with Crippen LogP contribution in [-0.2, 0) is 14.8 Å². The summed E-state index contributed by atoms with van der Waals surface area (Å²) < 4.78 is 42.4. The van der Waals surface area contributed by atoms with E-state index in [0.29, 0.717) is 29.5 Å². The standard InChI is InChI=1S/C17H18N2O6S/c1-2-23-13-4-6-14(7-5-13)26(21,22)18-10-17(20)19-12-3-8-15-16(9-12)25-11-24-15/h3-9,18H,2,10-11H2,1H3,(H,19,20). The molecule has 1 aliphatic heterocycles. The van der Waals surface area contributed by atoms with E-state index in [2.05, 4.69) is 10.0 Å². The van der Waals surface area contributed by atoms with Crippen LogP contribution in [0.2, 0.25) is 0 Å². The largest absolute Gasteiger partial charge is 0.494 e. The maximum atomic E-state index is 12.2. The third-order valence-electron chi connectivity index (χ3n) is 3.52. The van der Waals surface area contributed by atoms with E-state index in [9.17, 15) is 13.2 Å². The molecule has 0 spiro atoms. The molecule has 9 heteroatoms. The van der Waals surface area contributed by atoms with Crippen molar-refractivity contribution in [2.45, 2.75) is 11.8 Å². The van der Waals surface area contributed by atoms with Crippen LogP contribution in [0, 0.1) is 0 Å². The molecule has 138 valence electrons. The van der Waals surface area contributed by atoms with Crippen molar-refractivity contribution < 1.29 is 27.4 Å². The zero-order valence-corrected chi connectivity index (χ0v) is 14.8. The molecule has 1 aliphatic rings. The average molecular weight is 378 g/mol. The Morgan fingerprint density at radius 3 is 2.58 bits per heavy atom. The lowest BCUT2D eigenvalue weighted by Gasteiger charge is -2.09. The second kappa shape index (κ2) is 7.63. The van der Waals surface area contributed by atoms with Crippen molar-refractivity contribution in [1.82, 2.24) is 4.72 Å². The summed E-state index contributed by atoms with van der Waals surface area (Å²) >= 11 is 0. The molecule has 8 nitrogen and oxygen atoms in total. The number of ether oxygens (including phenoxy) is 3. The molecule has 3 rings (SSSR count). The minimum absolute atomic E-state index is 0.0526. The molecule has 26 heavy (non-hydrogen) atoms. The maximum absolute atomic E-state index is 12.2. The first-order valence-corrected chi connectivity index (χ1v) is 9.38. The first kappa shape index (κ1) is 18.0. The van der Waals surface area contributed by atoms with Gasteiger partial charge in [0.25, 0.3) is 0 Å². The summed E-state index contributed by atoms with van der Waals surface area (Å²) in [5.74, 6) is 1.20. The second-order valence-electron chi connectivity index (χ2n) is 5.35. The van der Waals surface area contributed by atoms with Crippen LogP contribution in [-0.4, -0.2) is 34.3 Å². The summed E-state index contributed by atoms with van der Waals surface area (Å²) in [6.45, 7) is 2.06. The van der Waals surface area contributed by atoms with Gasteiger partial charge >= 0.3 is 0 Å². The Labute approximate surface area is 151 Å². The lowest BCUT2D eigenvalue weighted by Crippen LogP contribution is -2.32. The van der Waals surface area contributed by atoms with Crippen molar-refractivity contribution in [1.29, 1.82) is 0 Å². The van der Waals surface area contributed by atoms with Gasteiger partial charge in [-0.3, -0.25) is 4.79 Å². The summed E-state index contributed by atoms with van der Waals surface area (Å²) in [4.78, 5) is 12.1. The molecule has 2 aromatic carbocycles. The molecule has 0 aromatic heterocycles. The van der Waals surface area contributed by atoms with Gasteiger partial charge in [0, 0.05) is 11.8 Å². The molecule has 1 heterocycles. The van der Waals surface area contributed by atoms with E-state index < -0.39 is 22.5 Å². The number of nitrogens with one attached hydrogen (secondary N) is 2. The maximum Gasteiger partial charge on any atom is 0.241 e. The van der Waals surface area contributed by atoms with Crippen molar-refractivity contribution in [3.8, 4) is 17.2 Å². The molecule has 0 radical (unpaired) electrons. The predicted molar refractivity (Wildman–Crippen MR) is 94.0 cm³/mol. The van der Waals surface area contributed by atoms with E-state index in [1.807, 2.05) is 6.92 Å². The Morgan fingerprint density at radius 2 is 1.85 bits per heavy atom. The van der Waals surface area contributed by atoms with Gasteiger partial charge in [-0.05, 0) is 43.3 Å². The highest BCUT2D eigenvalue weighted by Gasteiger charge is 2.17. The van der Waals surface area contributed by atoms with Crippen molar-refractivity contribution in [3.63, 3.8) is 0 Å². The first-order valence-electron chi connectivity index (χ1n) is 7.90. The molecule has 0 bridgehead atoms. The summed E-state index contributed by atoms with van der Waals surface area (Å²) in [5, 5.41) is 2.60. The Kier molecular flexibility index (Phi) is 5.29. The number of carbonyl (C=O) groups is 1. The molecule has 2 aromatic rings. The van der Waals surface area contributed by atoms with E-state index >= 15 is 0 Å². The summed E-state index contributed by atoms with van der Waals surface area (Å²) in [7, 11) is -3.80. The highest BCUT2D eigenvalue weighted by molar-refractivity contribution is 7.89. The van der Waals surface area contributed by atoms with Crippen LogP contribution < -0.4 is 24.2 Å². The number of benzene rings is 2. The van der Waals surface area contributed by atoms with Crippen molar-refractivity contribution in [2.75, 3.05) is 25.3 Å². The van der Waals surface area contributed by atoms with E-state index in [0.717, 1.165) is 0 Å². The fraction of sp³-hybridized carbons (Fsp3) is 0.235. The molecule has 0 atom stereocenters. The molecular weight excluding hydrogens is 360 g/mol. The number of sulfonamides is 1. The fourth-order valence-corrected chi connectivity index (χ4v) is 3.29. The van der Waals surface area contributed by atoms with Gasteiger partial charge in [0.2, 0.25) is 22.7 Å². The zero-order valence-electron chi connectivity index (χ0n) is 14.0. The van der Waals surface area contributed by atoms with E-state index in [4.69, 9.17) is 14.2 Å². The van der Waals surface area contributed by atoms with Crippen LogP contribution in [0.25, 0.3) is 0 Å². The molecule has 0 saturated carbocycles. The Morgan fingerprint density at radius 1 is 1.12 bits per heavy atom. The lowest BCUT2D eigenvalue weighted by molar-refractivity contribution is -0.115. The van der Waals surface area contributed by atoms with Gasteiger partial charge in [-0.2, -0.15) is 0 Å². The van der Waals surface area contributed by atoms with E-state index in [1.165, 1.54) is 12.1 Å². The molecule has 0 fully saturated rings. The summed E-state index contributed by atoms with van der Waals surface area (Å²) in [6, 6.07) is 10.9. The smallest absolute Gasteiger partial charge is 0.241 e. The van der Waals surface area contributed by atoms with Gasteiger partial charge in [0.1, 0.15) is 5.75 Å². The number of hydrogen-bond acceptors (Lipinski definition) is 6. The van der Waals surface area contributed by atoms with Gasteiger partial charge in [-0.15, -0.1) is 0 Å². The van der Waals surface area contributed by atoms with E-state index in [-0.39, 0.29) is 11.7 Å². The quantitative estimate of drug-likeness (QED) is 0.761. The number of fused-ring (bicyclic) bond motifs is 1. The van der Waals surface area contributed by atoms with Crippen LogP contribution in [0.15, 0.2) is 47.4 Å². The van der Waals surface area contributed by atoms with Gasteiger partial charge in [-0.25, -0.2) is 13.1 Å². The number of amides is 1. The molecule has 0 saturated heterocycles. The van der Waals surface area contributed by atoms with Crippen LogP contribution in [0.3, 0.4) is 0 Å². The van der Waals surface area contributed by atoms with Crippen molar-refractivity contribution >= 4 is 21.6 Å². The summed E-state index contributed by atoms with van der Waals surface area (Å²) in [5.41, 5.74) is 0.486. The third kappa shape index (κ3) is 4.24. The Balaban J connectivity index is 1.57. The zero-order chi connectivity index (χ0) is 18.6. The van der Waals surface area contributed by atoms with E-state index in [1.54, 1.807) is 30.3 Å². The summed E-state index contributed by atoms with van der Waals surface area (Å²) in [6.07, 6.45) is 0. The minimum atomic E-state index is -3.80. The molecule has 0 unspecified atom stereocenters. The highest BCUT2D eigenvalue weighted by atomic mass is 32.2. The molecule has 2 N–H and O–H groups in total. The number of hydrogen-bond donors (Lipinski definition) is 2. The number of carbonyl (C=O) groups excluding carboxylic acids is 1. The monoisotopic (exact) mass is 378 g/mol. The van der Waals surface area contributed by atoms with Gasteiger partial charge in [0.15, 0.2) is 11.5 Å². The van der Waals surface area contributed by atoms with Gasteiger partial charge in [0.05, 0.1) is 18.0 Å².